The van der Waals surface area contributed by atoms with E-state index >= 15 is 0 Å². The molecule has 0 atom stereocenters. The minimum Gasteiger partial charge on any atom is -0.382 e. The Morgan fingerprint density at radius 2 is 1.53 bits per heavy atom. The number of anilines is 2. The molecular formula is C24H18F2N8. The molecule has 2 heterocycles. The Morgan fingerprint density at radius 3 is 2.26 bits per heavy atom. The SMILES string of the molecule is Nc1nc(-c2nn(Cc3ccccc3F)c3cc(F)ccc23)nc(N)c1/N=N/c1ccccc1. The van der Waals surface area contributed by atoms with Gasteiger partial charge in [0.05, 0.1) is 17.7 Å². The quantitative estimate of drug-likeness (QED) is 0.343. The van der Waals surface area contributed by atoms with E-state index in [4.69, 9.17) is 11.5 Å². The van der Waals surface area contributed by atoms with Crippen molar-refractivity contribution in [3.8, 4) is 11.5 Å². The first kappa shape index (κ1) is 21.1. The van der Waals surface area contributed by atoms with E-state index in [-0.39, 0.29) is 35.5 Å². The summed E-state index contributed by atoms with van der Waals surface area (Å²) in [6.07, 6.45) is 0. The van der Waals surface area contributed by atoms with Crippen LogP contribution in [0.15, 0.2) is 83.0 Å². The summed E-state index contributed by atoms with van der Waals surface area (Å²) in [7, 11) is 0. The maximum Gasteiger partial charge on any atom is 0.184 e. The van der Waals surface area contributed by atoms with Crippen LogP contribution in [0, 0.1) is 11.6 Å². The highest BCUT2D eigenvalue weighted by molar-refractivity contribution is 5.92. The van der Waals surface area contributed by atoms with Crippen LogP contribution in [0.5, 0.6) is 0 Å². The molecule has 0 saturated carbocycles. The summed E-state index contributed by atoms with van der Waals surface area (Å²) in [6, 6.07) is 19.6. The topological polar surface area (TPSA) is 120 Å². The lowest BCUT2D eigenvalue weighted by Gasteiger charge is -2.05. The van der Waals surface area contributed by atoms with Crippen molar-refractivity contribution in [1.82, 2.24) is 19.7 Å². The summed E-state index contributed by atoms with van der Waals surface area (Å²) in [5.41, 5.74) is 14.2. The van der Waals surface area contributed by atoms with Crippen molar-refractivity contribution < 1.29 is 8.78 Å². The molecule has 3 aromatic carbocycles. The minimum absolute atomic E-state index is 0.0149. The van der Waals surface area contributed by atoms with Crippen LogP contribution in [-0.4, -0.2) is 19.7 Å². The highest BCUT2D eigenvalue weighted by Gasteiger charge is 2.19. The van der Waals surface area contributed by atoms with Gasteiger partial charge in [0, 0.05) is 10.9 Å². The number of nitrogens with zero attached hydrogens (tertiary/aromatic N) is 6. The predicted molar refractivity (Wildman–Crippen MR) is 126 cm³/mol. The summed E-state index contributed by atoms with van der Waals surface area (Å²) >= 11 is 0. The Kier molecular flexibility index (Phi) is 5.38. The van der Waals surface area contributed by atoms with Crippen molar-refractivity contribution >= 4 is 33.9 Å². The van der Waals surface area contributed by atoms with E-state index in [0.717, 1.165) is 0 Å². The van der Waals surface area contributed by atoms with Crippen LogP contribution in [0.25, 0.3) is 22.4 Å². The number of nitrogen functional groups attached to an aromatic ring is 2. The second-order valence-electron chi connectivity index (χ2n) is 7.46. The molecule has 0 saturated heterocycles. The highest BCUT2D eigenvalue weighted by atomic mass is 19.1. The number of benzene rings is 3. The van der Waals surface area contributed by atoms with E-state index in [1.807, 2.05) is 18.2 Å². The number of azo groups is 1. The van der Waals surface area contributed by atoms with Gasteiger partial charge < -0.3 is 11.5 Å². The van der Waals surface area contributed by atoms with Crippen LogP contribution in [0.3, 0.4) is 0 Å². The molecule has 0 radical (unpaired) electrons. The number of hydrogen-bond acceptors (Lipinski definition) is 7. The molecule has 10 heteroatoms. The molecule has 0 spiro atoms. The van der Waals surface area contributed by atoms with Crippen LogP contribution in [-0.2, 0) is 6.54 Å². The molecule has 5 aromatic rings. The Bertz CT molecular complexity index is 1510. The van der Waals surface area contributed by atoms with Crippen molar-refractivity contribution in [2.75, 3.05) is 11.5 Å². The maximum atomic E-state index is 14.2. The van der Waals surface area contributed by atoms with Crippen LogP contribution in [0.2, 0.25) is 0 Å². The van der Waals surface area contributed by atoms with Crippen LogP contribution >= 0.6 is 0 Å². The molecule has 0 aliphatic carbocycles. The smallest absolute Gasteiger partial charge is 0.184 e. The fourth-order valence-corrected chi connectivity index (χ4v) is 3.52. The third kappa shape index (κ3) is 4.04. The first-order valence-corrected chi connectivity index (χ1v) is 10.3. The highest BCUT2D eigenvalue weighted by Crippen LogP contribution is 2.33. The third-order valence-electron chi connectivity index (χ3n) is 5.16. The Hall–Kier alpha value is -4.73. The molecule has 8 nitrogen and oxygen atoms in total. The van der Waals surface area contributed by atoms with Crippen molar-refractivity contribution in [2.45, 2.75) is 6.54 Å². The lowest BCUT2D eigenvalue weighted by Crippen LogP contribution is -2.05. The number of halogens is 2. The van der Waals surface area contributed by atoms with Crippen molar-refractivity contribution in [2.24, 2.45) is 10.2 Å². The van der Waals surface area contributed by atoms with Gasteiger partial charge in [-0.05, 0) is 36.4 Å². The summed E-state index contributed by atoms with van der Waals surface area (Å²) in [5, 5.41) is 13.3. The van der Waals surface area contributed by atoms with Gasteiger partial charge in [-0.15, -0.1) is 5.11 Å². The molecule has 5 rings (SSSR count). The van der Waals surface area contributed by atoms with Gasteiger partial charge in [-0.3, -0.25) is 4.68 Å². The molecule has 0 bridgehead atoms. The molecule has 4 N–H and O–H groups in total. The number of aromatic nitrogens is 4. The van der Waals surface area contributed by atoms with Crippen molar-refractivity contribution in [3.63, 3.8) is 0 Å². The second kappa shape index (κ2) is 8.66. The van der Waals surface area contributed by atoms with Gasteiger partial charge in [-0.2, -0.15) is 10.2 Å². The minimum atomic E-state index is -0.453. The summed E-state index contributed by atoms with van der Waals surface area (Å²) in [5.74, 6) is -0.674. The molecule has 0 aliphatic rings. The average molecular weight is 456 g/mol. The van der Waals surface area contributed by atoms with Gasteiger partial charge in [0.2, 0.25) is 0 Å². The maximum absolute atomic E-state index is 14.2. The lowest BCUT2D eigenvalue weighted by atomic mass is 10.2. The fraction of sp³-hybridized carbons (Fsp3) is 0.0417. The first-order valence-electron chi connectivity index (χ1n) is 10.3. The van der Waals surface area contributed by atoms with Gasteiger partial charge in [0.15, 0.2) is 23.1 Å². The van der Waals surface area contributed by atoms with Gasteiger partial charge in [0.25, 0.3) is 0 Å². The molecule has 0 amide bonds. The second-order valence-corrected chi connectivity index (χ2v) is 7.46. The Morgan fingerprint density at radius 1 is 0.824 bits per heavy atom. The Balaban J connectivity index is 1.58. The normalized spacial score (nSPS) is 11.5. The van der Waals surface area contributed by atoms with Crippen LogP contribution < -0.4 is 11.5 Å². The molecular weight excluding hydrogens is 438 g/mol. The zero-order chi connectivity index (χ0) is 23.7. The molecule has 2 aromatic heterocycles. The van der Waals surface area contributed by atoms with E-state index in [2.05, 4.69) is 25.3 Å². The van der Waals surface area contributed by atoms with Gasteiger partial charge in [-0.1, -0.05) is 36.4 Å². The first-order chi connectivity index (χ1) is 16.5. The summed E-state index contributed by atoms with van der Waals surface area (Å²) in [4.78, 5) is 8.63. The van der Waals surface area contributed by atoms with E-state index < -0.39 is 5.82 Å². The zero-order valence-corrected chi connectivity index (χ0v) is 17.7. The van der Waals surface area contributed by atoms with Crippen LogP contribution in [0.1, 0.15) is 5.56 Å². The van der Waals surface area contributed by atoms with E-state index in [1.165, 1.54) is 22.9 Å². The largest absolute Gasteiger partial charge is 0.382 e. The van der Waals surface area contributed by atoms with Gasteiger partial charge in [-0.25, -0.2) is 18.7 Å². The summed E-state index contributed by atoms with van der Waals surface area (Å²) < 4.78 is 29.8. The van der Waals surface area contributed by atoms with E-state index in [0.29, 0.717) is 27.8 Å². The molecule has 34 heavy (non-hydrogen) atoms. The number of nitrogens with two attached hydrogens (primary N) is 2. The zero-order valence-electron chi connectivity index (χ0n) is 17.7. The molecule has 168 valence electrons. The van der Waals surface area contributed by atoms with Crippen LogP contribution in [0.4, 0.5) is 31.8 Å². The van der Waals surface area contributed by atoms with E-state index in [1.54, 1.807) is 36.4 Å². The monoisotopic (exact) mass is 456 g/mol. The lowest BCUT2D eigenvalue weighted by molar-refractivity contribution is 0.589. The van der Waals surface area contributed by atoms with Gasteiger partial charge in [0.1, 0.15) is 17.3 Å². The van der Waals surface area contributed by atoms with Crippen molar-refractivity contribution in [3.05, 3.63) is 90.0 Å². The fourth-order valence-electron chi connectivity index (χ4n) is 3.52. The third-order valence-corrected chi connectivity index (χ3v) is 5.16. The van der Waals surface area contributed by atoms with E-state index in [9.17, 15) is 8.78 Å². The van der Waals surface area contributed by atoms with Crippen molar-refractivity contribution in [1.29, 1.82) is 0 Å². The molecule has 0 unspecified atom stereocenters. The number of rotatable bonds is 5. The summed E-state index contributed by atoms with van der Waals surface area (Å²) in [6.45, 7) is 0.0843. The molecule has 0 aliphatic heterocycles. The average Bonchev–Trinajstić information content (AvgIpc) is 3.18. The number of fused-ring (bicyclic) bond motifs is 1. The Labute approximate surface area is 192 Å². The number of hydrogen-bond donors (Lipinski definition) is 2. The van der Waals surface area contributed by atoms with Gasteiger partial charge >= 0.3 is 0 Å². The predicted octanol–water partition coefficient (Wildman–Crippen LogP) is 5.40. The molecule has 0 fully saturated rings. The standard InChI is InChI=1S/C24H18F2N8/c25-15-10-11-17-19(12-15)34(13-14-6-4-5-9-18(14)26)33-20(17)24-29-22(27)21(23(28)30-24)32-31-16-7-2-1-3-8-16/h1-12H,13H2,(H4,27,28,29,30)/b32-31+.